The van der Waals surface area contributed by atoms with Crippen molar-refractivity contribution in [3.05, 3.63) is 71.8 Å². The van der Waals surface area contributed by atoms with Crippen LogP contribution in [-0.4, -0.2) is 37.1 Å². The quantitative estimate of drug-likeness (QED) is 0.692. The third-order valence-electron chi connectivity index (χ3n) is 6.50. The molecule has 4 nitrogen and oxygen atoms in total. The zero-order chi connectivity index (χ0) is 20.2. The summed E-state index contributed by atoms with van der Waals surface area (Å²) in [6.45, 7) is 1.38. The Morgan fingerprint density at radius 3 is 1.50 bits per heavy atom. The average Bonchev–Trinajstić information content (AvgIpc) is 3.45. The minimum atomic E-state index is 0.224. The second-order valence-corrected chi connectivity index (χ2v) is 8.74. The first-order valence-corrected chi connectivity index (χ1v) is 11.3. The second-order valence-electron chi connectivity index (χ2n) is 8.74. The lowest BCUT2D eigenvalue weighted by Crippen LogP contribution is -2.33. The summed E-state index contributed by atoms with van der Waals surface area (Å²) in [7, 11) is 0. The summed E-state index contributed by atoms with van der Waals surface area (Å²) in [4.78, 5) is 10.00. The highest BCUT2D eigenvalue weighted by molar-refractivity contribution is 5.89. The van der Waals surface area contributed by atoms with E-state index in [4.69, 9.17) is 19.5 Å². The van der Waals surface area contributed by atoms with Crippen molar-refractivity contribution < 1.29 is 9.47 Å². The minimum absolute atomic E-state index is 0.224. The van der Waals surface area contributed by atoms with Gasteiger partial charge in [-0.1, -0.05) is 73.5 Å². The van der Waals surface area contributed by atoms with Crippen LogP contribution < -0.4 is 0 Å². The van der Waals surface area contributed by atoms with E-state index in [1.165, 1.54) is 24.0 Å². The molecule has 0 bridgehead atoms. The molecule has 0 spiro atoms. The molecule has 2 aromatic rings. The molecule has 4 atom stereocenters. The van der Waals surface area contributed by atoms with E-state index in [1.807, 2.05) is 0 Å². The van der Waals surface area contributed by atoms with Gasteiger partial charge in [0.25, 0.3) is 0 Å². The van der Waals surface area contributed by atoms with Gasteiger partial charge in [-0.3, -0.25) is 0 Å². The second kappa shape index (κ2) is 9.03. The van der Waals surface area contributed by atoms with Gasteiger partial charge >= 0.3 is 0 Å². The number of aliphatic imine (C=N–C) groups is 2. The predicted molar refractivity (Wildman–Crippen MR) is 120 cm³/mol. The van der Waals surface area contributed by atoms with E-state index >= 15 is 0 Å². The Morgan fingerprint density at radius 1 is 0.633 bits per heavy atom. The van der Waals surface area contributed by atoms with E-state index in [0.717, 1.165) is 37.5 Å². The summed E-state index contributed by atoms with van der Waals surface area (Å²) in [5, 5.41) is 0. The standard InChI is InChI=1S/C26H30N2O2/c1-3-9-19(10-4-1)15-21-17-29-25(27-21)23-13-7-8-14-24(23)26-28-22(18-30-26)16-20-11-5-2-6-12-20/h1-6,9-12,21-24H,7-8,13-18H2. The number of hydrogen-bond donors (Lipinski definition) is 0. The Labute approximate surface area is 179 Å². The van der Waals surface area contributed by atoms with Crippen LogP contribution in [0.25, 0.3) is 0 Å². The van der Waals surface area contributed by atoms with Crippen LogP contribution in [0.4, 0.5) is 0 Å². The van der Waals surface area contributed by atoms with Gasteiger partial charge < -0.3 is 9.47 Å². The van der Waals surface area contributed by atoms with Gasteiger partial charge in [-0.25, -0.2) is 9.98 Å². The largest absolute Gasteiger partial charge is 0.478 e. The van der Waals surface area contributed by atoms with Gasteiger partial charge in [-0.05, 0) is 36.8 Å². The number of benzene rings is 2. The Morgan fingerprint density at radius 2 is 1.07 bits per heavy atom. The van der Waals surface area contributed by atoms with Crippen LogP contribution in [0.1, 0.15) is 36.8 Å². The summed E-state index contributed by atoms with van der Waals surface area (Å²) in [6.07, 6.45) is 6.58. The molecule has 30 heavy (non-hydrogen) atoms. The van der Waals surface area contributed by atoms with Crippen LogP contribution in [-0.2, 0) is 22.3 Å². The highest BCUT2D eigenvalue weighted by atomic mass is 16.5. The van der Waals surface area contributed by atoms with E-state index in [9.17, 15) is 0 Å². The molecule has 156 valence electrons. The van der Waals surface area contributed by atoms with Gasteiger partial charge in [0.2, 0.25) is 0 Å². The Hall–Kier alpha value is -2.62. The molecule has 2 aliphatic heterocycles. The summed E-state index contributed by atoms with van der Waals surface area (Å²) in [5.74, 6) is 2.51. The summed E-state index contributed by atoms with van der Waals surface area (Å²) < 4.78 is 12.3. The maximum atomic E-state index is 6.13. The molecule has 0 radical (unpaired) electrons. The number of hydrogen-bond acceptors (Lipinski definition) is 4. The lowest BCUT2D eigenvalue weighted by molar-refractivity contribution is 0.237. The van der Waals surface area contributed by atoms with Crippen LogP contribution in [0.15, 0.2) is 70.6 Å². The first kappa shape index (κ1) is 19.3. The first-order valence-electron chi connectivity index (χ1n) is 11.3. The molecular weight excluding hydrogens is 372 g/mol. The summed E-state index contributed by atoms with van der Waals surface area (Å²) in [5.41, 5.74) is 2.65. The smallest absolute Gasteiger partial charge is 0.187 e. The summed E-state index contributed by atoms with van der Waals surface area (Å²) in [6, 6.07) is 21.6. The number of ether oxygens (including phenoxy) is 2. The fourth-order valence-corrected chi connectivity index (χ4v) is 4.98. The van der Waals surface area contributed by atoms with Crippen molar-refractivity contribution >= 4 is 11.8 Å². The number of nitrogens with zero attached hydrogens (tertiary/aromatic N) is 2. The molecular formula is C26H30N2O2. The molecule has 2 aromatic carbocycles. The van der Waals surface area contributed by atoms with E-state index in [-0.39, 0.29) is 12.1 Å². The van der Waals surface area contributed by atoms with Crippen molar-refractivity contribution in [1.29, 1.82) is 0 Å². The molecule has 1 fully saturated rings. The van der Waals surface area contributed by atoms with Crippen molar-refractivity contribution in [2.45, 2.75) is 50.6 Å². The van der Waals surface area contributed by atoms with Gasteiger partial charge in [0.15, 0.2) is 11.8 Å². The fourth-order valence-electron chi connectivity index (χ4n) is 4.98. The van der Waals surface area contributed by atoms with Gasteiger partial charge in [0, 0.05) is 11.8 Å². The van der Waals surface area contributed by atoms with Crippen molar-refractivity contribution in [2.75, 3.05) is 13.2 Å². The van der Waals surface area contributed by atoms with Crippen LogP contribution >= 0.6 is 0 Å². The Balaban J connectivity index is 1.27. The molecule has 4 heteroatoms. The molecule has 0 aromatic heterocycles. The SMILES string of the molecule is c1ccc(CC2COC(C3CCCCC3C3=NC(Cc4ccccc4)CO3)=N2)cc1. The van der Waals surface area contributed by atoms with Crippen LogP contribution in [0.2, 0.25) is 0 Å². The monoisotopic (exact) mass is 402 g/mol. The van der Waals surface area contributed by atoms with Crippen LogP contribution in [0, 0.1) is 11.8 Å². The fraction of sp³-hybridized carbons (Fsp3) is 0.462. The van der Waals surface area contributed by atoms with Crippen molar-refractivity contribution in [3.63, 3.8) is 0 Å². The molecule has 1 saturated carbocycles. The normalized spacial score (nSPS) is 28.4. The van der Waals surface area contributed by atoms with Crippen molar-refractivity contribution in [1.82, 2.24) is 0 Å². The van der Waals surface area contributed by atoms with Crippen molar-refractivity contribution in [3.8, 4) is 0 Å². The van der Waals surface area contributed by atoms with Gasteiger partial charge in [0.05, 0.1) is 12.1 Å². The predicted octanol–water partition coefficient (Wildman–Crippen LogP) is 4.87. The molecule has 2 heterocycles. The summed E-state index contributed by atoms with van der Waals surface area (Å²) >= 11 is 0. The molecule has 4 unspecified atom stereocenters. The van der Waals surface area contributed by atoms with Gasteiger partial charge in [0.1, 0.15) is 13.2 Å². The Bertz CT molecular complexity index is 818. The van der Waals surface area contributed by atoms with Gasteiger partial charge in [-0.15, -0.1) is 0 Å². The maximum absolute atomic E-state index is 6.13. The molecule has 0 N–H and O–H groups in total. The van der Waals surface area contributed by atoms with E-state index < -0.39 is 0 Å². The third kappa shape index (κ3) is 4.43. The first-order chi connectivity index (χ1) is 14.8. The molecule has 5 rings (SSSR count). The molecule has 3 aliphatic rings. The number of rotatable bonds is 6. The average molecular weight is 403 g/mol. The molecule has 0 saturated heterocycles. The lowest BCUT2D eigenvalue weighted by atomic mass is 9.79. The van der Waals surface area contributed by atoms with E-state index in [2.05, 4.69) is 60.7 Å². The zero-order valence-electron chi connectivity index (χ0n) is 17.5. The highest BCUT2D eigenvalue weighted by Crippen LogP contribution is 2.36. The molecule has 0 amide bonds. The van der Waals surface area contributed by atoms with Crippen molar-refractivity contribution in [2.24, 2.45) is 21.8 Å². The third-order valence-corrected chi connectivity index (χ3v) is 6.50. The van der Waals surface area contributed by atoms with Crippen LogP contribution in [0.5, 0.6) is 0 Å². The maximum Gasteiger partial charge on any atom is 0.187 e. The minimum Gasteiger partial charge on any atom is -0.478 e. The molecule has 1 aliphatic carbocycles. The highest BCUT2D eigenvalue weighted by Gasteiger charge is 2.39. The topological polar surface area (TPSA) is 43.2 Å². The van der Waals surface area contributed by atoms with E-state index in [1.54, 1.807) is 0 Å². The lowest BCUT2D eigenvalue weighted by Gasteiger charge is -2.30. The van der Waals surface area contributed by atoms with Gasteiger partial charge in [-0.2, -0.15) is 0 Å². The van der Waals surface area contributed by atoms with E-state index in [0.29, 0.717) is 25.0 Å². The zero-order valence-corrected chi connectivity index (χ0v) is 17.5. The van der Waals surface area contributed by atoms with Crippen LogP contribution in [0.3, 0.4) is 0 Å². The Kier molecular flexibility index (Phi) is 5.82.